The first-order chi connectivity index (χ1) is 8.61. The maximum Gasteiger partial charge on any atom is 0.0610 e. The number of hydrogen-bond donors (Lipinski definition) is 2. The molecule has 5 nitrogen and oxygen atoms in total. The molecule has 0 aliphatic heterocycles. The smallest absolute Gasteiger partial charge is 0.0610 e. The third-order valence-corrected chi connectivity index (χ3v) is 3.38. The molecule has 5 heteroatoms. The standard InChI is InChI=1S/C13H30N2O3/c1-13(12-16,14-2)6-5-7-15(8-10-17-3)9-11-18-4/h14,16H,5-12H2,1-4H3. The molecule has 110 valence electrons. The minimum Gasteiger partial charge on any atom is -0.394 e. The highest BCUT2D eigenvalue weighted by atomic mass is 16.5. The van der Waals surface area contributed by atoms with Gasteiger partial charge in [0.05, 0.1) is 19.8 Å². The number of rotatable bonds is 12. The summed E-state index contributed by atoms with van der Waals surface area (Å²) in [5, 5.41) is 12.5. The van der Waals surface area contributed by atoms with E-state index in [1.54, 1.807) is 14.2 Å². The zero-order chi connectivity index (χ0) is 13.9. The van der Waals surface area contributed by atoms with Gasteiger partial charge < -0.3 is 19.9 Å². The number of hydrogen-bond acceptors (Lipinski definition) is 5. The van der Waals surface area contributed by atoms with E-state index in [2.05, 4.69) is 10.2 Å². The lowest BCUT2D eigenvalue weighted by atomic mass is 9.97. The van der Waals surface area contributed by atoms with Crippen LogP contribution in [0.15, 0.2) is 0 Å². The first-order valence-electron chi connectivity index (χ1n) is 6.62. The SMILES string of the molecule is CNC(C)(CO)CCCN(CCOC)CCOC. The van der Waals surface area contributed by atoms with E-state index in [1.165, 1.54) is 0 Å². The van der Waals surface area contributed by atoms with E-state index in [4.69, 9.17) is 9.47 Å². The van der Waals surface area contributed by atoms with Crippen molar-refractivity contribution in [2.75, 3.05) is 60.7 Å². The fourth-order valence-electron chi connectivity index (χ4n) is 1.75. The van der Waals surface area contributed by atoms with E-state index in [0.717, 1.165) is 45.7 Å². The van der Waals surface area contributed by atoms with Crippen LogP contribution in [0.5, 0.6) is 0 Å². The van der Waals surface area contributed by atoms with Crippen molar-refractivity contribution in [3.05, 3.63) is 0 Å². The molecule has 1 atom stereocenters. The molecule has 0 radical (unpaired) electrons. The van der Waals surface area contributed by atoms with E-state index < -0.39 is 0 Å². The van der Waals surface area contributed by atoms with E-state index in [-0.39, 0.29) is 12.1 Å². The van der Waals surface area contributed by atoms with Crippen molar-refractivity contribution in [2.45, 2.75) is 25.3 Å². The summed E-state index contributed by atoms with van der Waals surface area (Å²) < 4.78 is 10.2. The maximum absolute atomic E-state index is 9.32. The van der Waals surface area contributed by atoms with Gasteiger partial charge in [-0.15, -0.1) is 0 Å². The number of nitrogens with one attached hydrogen (secondary N) is 1. The first kappa shape index (κ1) is 17.8. The number of aliphatic hydroxyl groups is 1. The molecule has 0 spiro atoms. The van der Waals surface area contributed by atoms with Crippen LogP contribution in [0.1, 0.15) is 19.8 Å². The van der Waals surface area contributed by atoms with Crippen molar-refractivity contribution >= 4 is 0 Å². The van der Waals surface area contributed by atoms with E-state index >= 15 is 0 Å². The van der Waals surface area contributed by atoms with Crippen LogP contribution in [0.25, 0.3) is 0 Å². The molecule has 0 amide bonds. The van der Waals surface area contributed by atoms with Gasteiger partial charge in [0.2, 0.25) is 0 Å². The zero-order valence-electron chi connectivity index (χ0n) is 12.4. The molecular weight excluding hydrogens is 232 g/mol. The van der Waals surface area contributed by atoms with Gasteiger partial charge in [-0.1, -0.05) is 0 Å². The van der Waals surface area contributed by atoms with Crippen LogP contribution in [0.3, 0.4) is 0 Å². The topological polar surface area (TPSA) is 54.0 Å². The van der Waals surface area contributed by atoms with Gasteiger partial charge in [0.25, 0.3) is 0 Å². The van der Waals surface area contributed by atoms with Crippen LogP contribution in [-0.4, -0.2) is 76.3 Å². The minimum atomic E-state index is -0.172. The highest BCUT2D eigenvalue weighted by molar-refractivity contribution is 4.80. The highest BCUT2D eigenvalue weighted by Crippen LogP contribution is 2.11. The van der Waals surface area contributed by atoms with Crippen molar-refractivity contribution in [3.63, 3.8) is 0 Å². The van der Waals surface area contributed by atoms with Gasteiger partial charge in [0.15, 0.2) is 0 Å². The zero-order valence-corrected chi connectivity index (χ0v) is 12.4. The lowest BCUT2D eigenvalue weighted by molar-refractivity contribution is 0.108. The van der Waals surface area contributed by atoms with Crippen LogP contribution in [0.4, 0.5) is 0 Å². The fourth-order valence-corrected chi connectivity index (χ4v) is 1.75. The Morgan fingerprint density at radius 1 is 1.11 bits per heavy atom. The Bertz CT molecular complexity index is 179. The summed E-state index contributed by atoms with van der Waals surface area (Å²) in [6, 6.07) is 0. The van der Waals surface area contributed by atoms with Gasteiger partial charge in [-0.2, -0.15) is 0 Å². The second-order valence-corrected chi connectivity index (χ2v) is 4.90. The average Bonchev–Trinajstić information content (AvgIpc) is 2.40. The van der Waals surface area contributed by atoms with Crippen molar-refractivity contribution in [3.8, 4) is 0 Å². The number of likely N-dealkylation sites (N-methyl/N-ethyl adjacent to an activating group) is 1. The van der Waals surface area contributed by atoms with Crippen LogP contribution >= 0.6 is 0 Å². The molecule has 0 heterocycles. The van der Waals surface area contributed by atoms with Gasteiger partial charge in [0.1, 0.15) is 0 Å². The summed E-state index contributed by atoms with van der Waals surface area (Å²) in [7, 11) is 5.33. The molecular formula is C13H30N2O3. The van der Waals surface area contributed by atoms with Gasteiger partial charge in [0, 0.05) is 32.8 Å². The molecule has 0 bridgehead atoms. The molecule has 0 aliphatic carbocycles. The Kier molecular flexibility index (Phi) is 10.6. The van der Waals surface area contributed by atoms with Gasteiger partial charge >= 0.3 is 0 Å². The number of methoxy groups -OCH3 is 2. The summed E-state index contributed by atoms with van der Waals surface area (Å²) >= 11 is 0. The minimum absolute atomic E-state index is 0.166. The predicted molar refractivity (Wildman–Crippen MR) is 74.0 cm³/mol. The van der Waals surface area contributed by atoms with Crippen molar-refractivity contribution < 1.29 is 14.6 Å². The summed E-state index contributed by atoms with van der Waals surface area (Å²) in [5.74, 6) is 0. The molecule has 0 fully saturated rings. The van der Waals surface area contributed by atoms with Crippen molar-refractivity contribution in [2.24, 2.45) is 0 Å². The van der Waals surface area contributed by atoms with Crippen LogP contribution in [0.2, 0.25) is 0 Å². The number of nitrogens with zero attached hydrogens (tertiary/aromatic N) is 1. The molecule has 0 aromatic carbocycles. The fraction of sp³-hybridized carbons (Fsp3) is 1.00. The second kappa shape index (κ2) is 10.7. The van der Waals surface area contributed by atoms with Gasteiger partial charge in [-0.05, 0) is 33.4 Å². The lowest BCUT2D eigenvalue weighted by Gasteiger charge is -2.28. The first-order valence-corrected chi connectivity index (χ1v) is 6.62. The Balaban J connectivity index is 3.93. The van der Waals surface area contributed by atoms with Crippen molar-refractivity contribution in [1.82, 2.24) is 10.2 Å². The van der Waals surface area contributed by atoms with Crippen LogP contribution in [0, 0.1) is 0 Å². The molecule has 0 saturated heterocycles. The molecule has 0 saturated carbocycles. The van der Waals surface area contributed by atoms with Crippen molar-refractivity contribution in [1.29, 1.82) is 0 Å². The van der Waals surface area contributed by atoms with E-state index in [0.29, 0.717) is 0 Å². The third-order valence-electron chi connectivity index (χ3n) is 3.38. The van der Waals surface area contributed by atoms with Gasteiger partial charge in [-0.25, -0.2) is 0 Å². The monoisotopic (exact) mass is 262 g/mol. The summed E-state index contributed by atoms with van der Waals surface area (Å²) in [6.07, 6.45) is 2.00. The largest absolute Gasteiger partial charge is 0.394 e. The second-order valence-electron chi connectivity index (χ2n) is 4.90. The molecule has 0 rings (SSSR count). The molecule has 1 unspecified atom stereocenters. The van der Waals surface area contributed by atoms with Crippen LogP contribution in [-0.2, 0) is 9.47 Å². The normalized spacial score (nSPS) is 15.0. The Hall–Kier alpha value is -0.200. The maximum atomic E-state index is 9.32. The third kappa shape index (κ3) is 8.00. The highest BCUT2D eigenvalue weighted by Gasteiger charge is 2.20. The summed E-state index contributed by atoms with van der Waals surface area (Å²) in [5.41, 5.74) is -0.172. The Morgan fingerprint density at radius 3 is 2.06 bits per heavy atom. The molecule has 2 N–H and O–H groups in total. The molecule has 0 aliphatic rings. The quantitative estimate of drug-likeness (QED) is 0.531. The van der Waals surface area contributed by atoms with Crippen LogP contribution < -0.4 is 5.32 Å². The predicted octanol–water partition coefficient (Wildman–Crippen LogP) is 0.332. The van der Waals surface area contributed by atoms with E-state index in [9.17, 15) is 5.11 Å². The lowest BCUT2D eigenvalue weighted by Crippen LogP contribution is -2.44. The number of aliphatic hydroxyl groups excluding tert-OH is 1. The Labute approximate surface area is 111 Å². The van der Waals surface area contributed by atoms with E-state index in [1.807, 2.05) is 14.0 Å². The Morgan fingerprint density at radius 2 is 1.67 bits per heavy atom. The molecule has 0 aromatic rings. The number of ether oxygens (including phenoxy) is 2. The average molecular weight is 262 g/mol. The summed E-state index contributed by atoms with van der Waals surface area (Å²) in [4.78, 5) is 2.33. The summed E-state index contributed by atoms with van der Waals surface area (Å²) in [6.45, 7) is 6.55. The van der Waals surface area contributed by atoms with Gasteiger partial charge in [-0.3, -0.25) is 4.90 Å². The molecule has 18 heavy (non-hydrogen) atoms. The molecule has 0 aromatic heterocycles.